The molecule has 1 amide bonds. The van der Waals surface area contributed by atoms with Crippen LogP contribution in [0.15, 0.2) is 22.3 Å². The van der Waals surface area contributed by atoms with Crippen LogP contribution in [-0.2, 0) is 23.9 Å². The van der Waals surface area contributed by atoms with Crippen LogP contribution in [0.1, 0.15) is 20.3 Å². The van der Waals surface area contributed by atoms with Crippen molar-refractivity contribution in [1.29, 1.82) is 0 Å². The molecule has 0 bridgehead atoms. The molecule has 0 radical (unpaired) electrons. The van der Waals surface area contributed by atoms with E-state index in [1.54, 1.807) is 19.3 Å². The van der Waals surface area contributed by atoms with Crippen LogP contribution in [0.2, 0.25) is 0 Å². The van der Waals surface area contributed by atoms with Crippen LogP contribution in [0.4, 0.5) is 0 Å². The number of fused-ring (bicyclic) bond motifs is 1. The molecule has 0 aromatic rings. The lowest BCUT2D eigenvalue weighted by Gasteiger charge is -2.22. The first-order valence-electron chi connectivity index (χ1n) is 6.80. The van der Waals surface area contributed by atoms with Crippen LogP contribution in [0.5, 0.6) is 0 Å². The second-order valence-electron chi connectivity index (χ2n) is 4.39. The molecule has 7 heteroatoms. The zero-order valence-electron chi connectivity index (χ0n) is 12.0. The van der Waals surface area contributed by atoms with Crippen LogP contribution >= 0.6 is 11.8 Å². The number of esters is 2. The van der Waals surface area contributed by atoms with Crippen molar-refractivity contribution >= 4 is 29.6 Å². The Hall–Kier alpha value is -1.76. The lowest BCUT2D eigenvalue weighted by Crippen LogP contribution is -2.30. The molecule has 0 aromatic heterocycles. The summed E-state index contributed by atoms with van der Waals surface area (Å²) in [5.74, 6) is -0.632. The molecule has 0 unspecified atom stereocenters. The molecule has 21 heavy (non-hydrogen) atoms. The standard InChI is InChI=1S/C14H17NO5S/c1-3-19-11(16)7-9-12(14(18)20-4-2)10-8-21-6-5-15(10)13(9)17/h8H,3-7H2,1-2H3. The molecule has 0 fully saturated rings. The highest BCUT2D eigenvalue weighted by molar-refractivity contribution is 8.02. The van der Waals surface area contributed by atoms with Crippen LogP contribution in [-0.4, -0.2) is 48.3 Å². The SMILES string of the molecule is CCOC(=O)CC1=C(C(=O)OCC)C2=CSCCN2C1=O. The summed E-state index contributed by atoms with van der Waals surface area (Å²) in [7, 11) is 0. The minimum Gasteiger partial charge on any atom is -0.466 e. The Kier molecular flexibility index (Phi) is 5.06. The molecule has 2 heterocycles. The number of carbonyl (C=O) groups excluding carboxylic acids is 3. The maximum Gasteiger partial charge on any atom is 0.340 e. The molecule has 0 N–H and O–H groups in total. The minimum atomic E-state index is -0.568. The molecule has 2 aliphatic heterocycles. The summed E-state index contributed by atoms with van der Waals surface area (Å²) in [6, 6.07) is 0. The third-order valence-corrected chi connectivity index (χ3v) is 3.89. The van der Waals surface area contributed by atoms with Gasteiger partial charge in [-0.2, -0.15) is 0 Å². The maximum atomic E-state index is 12.4. The van der Waals surface area contributed by atoms with E-state index < -0.39 is 11.9 Å². The number of nitrogens with zero attached hydrogens (tertiary/aromatic N) is 1. The van der Waals surface area contributed by atoms with Crippen molar-refractivity contribution in [3.05, 3.63) is 22.3 Å². The Morgan fingerprint density at radius 3 is 2.67 bits per heavy atom. The number of thioether (sulfide) groups is 1. The Bertz CT molecular complexity index is 537. The van der Waals surface area contributed by atoms with Gasteiger partial charge in [0.1, 0.15) is 0 Å². The first-order chi connectivity index (χ1) is 10.1. The zero-order valence-corrected chi connectivity index (χ0v) is 12.8. The van der Waals surface area contributed by atoms with Gasteiger partial charge in [-0.3, -0.25) is 9.59 Å². The Morgan fingerprint density at radius 1 is 1.29 bits per heavy atom. The van der Waals surface area contributed by atoms with Crippen molar-refractivity contribution in [1.82, 2.24) is 4.90 Å². The smallest absolute Gasteiger partial charge is 0.340 e. The van der Waals surface area contributed by atoms with E-state index in [0.717, 1.165) is 5.75 Å². The zero-order chi connectivity index (χ0) is 15.4. The van der Waals surface area contributed by atoms with Gasteiger partial charge in [-0.15, -0.1) is 11.8 Å². The van der Waals surface area contributed by atoms with Gasteiger partial charge in [-0.1, -0.05) is 0 Å². The number of rotatable bonds is 5. The lowest BCUT2D eigenvalue weighted by atomic mass is 10.1. The van der Waals surface area contributed by atoms with Gasteiger partial charge in [-0.05, 0) is 19.3 Å². The molecule has 0 saturated carbocycles. The van der Waals surface area contributed by atoms with Crippen molar-refractivity contribution in [2.24, 2.45) is 0 Å². The van der Waals surface area contributed by atoms with E-state index in [1.165, 1.54) is 16.7 Å². The summed E-state index contributed by atoms with van der Waals surface area (Å²) in [6.45, 7) is 4.35. The molecular weight excluding hydrogens is 294 g/mol. The Balaban J connectivity index is 2.36. The number of hydrogen-bond donors (Lipinski definition) is 0. The van der Waals surface area contributed by atoms with Gasteiger partial charge < -0.3 is 14.4 Å². The molecule has 2 rings (SSSR count). The first-order valence-corrected chi connectivity index (χ1v) is 7.84. The predicted octanol–water partition coefficient (Wildman–Crippen LogP) is 1.23. The van der Waals surface area contributed by atoms with Crippen LogP contribution < -0.4 is 0 Å². The molecule has 0 aromatic carbocycles. The van der Waals surface area contributed by atoms with Crippen molar-refractivity contribution in [3.63, 3.8) is 0 Å². The quantitative estimate of drug-likeness (QED) is 0.711. The van der Waals surface area contributed by atoms with Crippen molar-refractivity contribution in [2.75, 3.05) is 25.5 Å². The fraction of sp³-hybridized carbons (Fsp3) is 0.500. The maximum absolute atomic E-state index is 12.4. The predicted molar refractivity (Wildman–Crippen MR) is 77.2 cm³/mol. The molecule has 0 atom stereocenters. The third kappa shape index (κ3) is 3.12. The number of ether oxygens (including phenoxy) is 2. The summed E-state index contributed by atoms with van der Waals surface area (Å²) in [5, 5.41) is 1.77. The van der Waals surface area contributed by atoms with E-state index in [-0.39, 0.29) is 36.7 Å². The largest absolute Gasteiger partial charge is 0.466 e. The Morgan fingerprint density at radius 2 is 2.00 bits per heavy atom. The molecule has 114 valence electrons. The average molecular weight is 311 g/mol. The fourth-order valence-corrected chi connectivity index (χ4v) is 3.06. The first kappa shape index (κ1) is 15.6. The highest BCUT2D eigenvalue weighted by Crippen LogP contribution is 2.36. The number of amides is 1. The van der Waals surface area contributed by atoms with E-state index in [4.69, 9.17) is 9.47 Å². The average Bonchev–Trinajstić information content (AvgIpc) is 2.73. The lowest BCUT2D eigenvalue weighted by molar-refractivity contribution is -0.143. The fourth-order valence-electron chi connectivity index (χ4n) is 2.25. The summed E-state index contributed by atoms with van der Waals surface area (Å²) in [4.78, 5) is 37.7. The molecule has 0 aliphatic carbocycles. The van der Waals surface area contributed by atoms with Crippen molar-refractivity contribution in [3.8, 4) is 0 Å². The van der Waals surface area contributed by atoms with E-state index in [9.17, 15) is 14.4 Å². The Labute approximate surface area is 127 Å². The number of carbonyl (C=O) groups is 3. The molecule has 2 aliphatic rings. The van der Waals surface area contributed by atoms with Gasteiger partial charge in [0.05, 0.1) is 30.9 Å². The summed E-state index contributed by atoms with van der Waals surface area (Å²) >= 11 is 1.53. The van der Waals surface area contributed by atoms with E-state index >= 15 is 0 Å². The van der Waals surface area contributed by atoms with Gasteiger partial charge in [0.15, 0.2) is 0 Å². The van der Waals surface area contributed by atoms with Gasteiger partial charge in [0.25, 0.3) is 5.91 Å². The van der Waals surface area contributed by atoms with Gasteiger partial charge in [0.2, 0.25) is 0 Å². The summed E-state index contributed by atoms with van der Waals surface area (Å²) < 4.78 is 9.89. The second-order valence-corrected chi connectivity index (χ2v) is 5.36. The van der Waals surface area contributed by atoms with Crippen LogP contribution in [0.3, 0.4) is 0 Å². The van der Waals surface area contributed by atoms with Gasteiger partial charge in [-0.25, -0.2) is 4.79 Å². The normalized spacial score (nSPS) is 17.5. The van der Waals surface area contributed by atoms with E-state index in [2.05, 4.69) is 0 Å². The summed E-state index contributed by atoms with van der Waals surface area (Å²) in [5.41, 5.74) is 0.900. The van der Waals surface area contributed by atoms with E-state index in [1.807, 2.05) is 0 Å². The molecule has 6 nitrogen and oxygen atoms in total. The topological polar surface area (TPSA) is 72.9 Å². The van der Waals surface area contributed by atoms with Gasteiger partial charge >= 0.3 is 11.9 Å². The minimum absolute atomic E-state index is 0.167. The molecule has 0 spiro atoms. The van der Waals surface area contributed by atoms with E-state index in [0.29, 0.717) is 12.2 Å². The van der Waals surface area contributed by atoms with Crippen molar-refractivity contribution in [2.45, 2.75) is 20.3 Å². The third-order valence-electron chi connectivity index (χ3n) is 3.09. The van der Waals surface area contributed by atoms with Crippen LogP contribution in [0.25, 0.3) is 0 Å². The second kappa shape index (κ2) is 6.80. The van der Waals surface area contributed by atoms with Crippen LogP contribution in [0, 0.1) is 0 Å². The summed E-state index contributed by atoms with van der Waals surface area (Å²) in [6.07, 6.45) is -0.209. The highest BCUT2D eigenvalue weighted by atomic mass is 32.2. The van der Waals surface area contributed by atoms with Gasteiger partial charge in [0, 0.05) is 17.9 Å². The molecular formula is C14H17NO5S. The monoisotopic (exact) mass is 311 g/mol. The number of hydrogen-bond acceptors (Lipinski definition) is 6. The molecule has 0 saturated heterocycles. The van der Waals surface area contributed by atoms with Crippen molar-refractivity contribution < 1.29 is 23.9 Å². The highest BCUT2D eigenvalue weighted by Gasteiger charge is 2.40.